The number of hydrogen-bond acceptors (Lipinski definition) is 3. The maximum absolute atomic E-state index is 13.6. The number of halogens is 1. The van der Waals surface area contributed by atoms with E-state index in [9.17, 15) is 9.18 Å². The number of carbonyl (C=O) groups is 1. The van der Waals surface area contributed by atoms with E-state index in [1.165, 1.54) is 19.1 Å². The summed E-state index contributed by atoms with van der Waals surface area (Å²) in [4.78, 5) is 11.1. The second kappa shape index (κ2) is 6.66. The normalized spacial score (nSPS) is 18.5. The molecule has 2 rings (SSSR count). The molecule has 0 N–H and O–H groups in total. The molecule has 1 fully saturated rings. The summed E-state index contributed by atoms with van der Waals surface area (Å²) in [5, 5.41) is 0. The molecule has 0 aliphatic carbocycles. The van der Waals surface area contributed by atoms with Crippen molar-refractivity contribution < 1.29 is 18.7 Å². The van der Waals surface area contributed by atoms with Gasteiger partial charge in [0.1, 0.15) is 0 Å². The summed E-state index contributed by atoms with van der Waals surface area (Å²) in [6, 6.07) is 4.32. The molecular formula is C15H19FO3. The average molecular weight is 266 g/mol. The maximum atomic E-state index is 13.6. The van der Waals surface area contributed by atoms with Crippen LogP contribution in [0.4, 0.5) is 4.39 Å². The molecule has 1 unspecified atom stereocenters. The number of ketones is 1. The molecule has 1 aliphatic rings. The predicted molar refractivity (Wildman–Crippen MR) is 70.1 cm³/mol. The van der Waals surface area contributed by atoms with Crippen LogP contribution in [-0.2, 0) is 4.74 Å². The number of hydrogen-bond donors (Lipinski definition) is 0. The van der Waals surface area contributed by atoms with Crippen LogP contribution in [0.1, 0.15) is 43.0 Å². The first-order valence-electron chi connectivity index (χ1n) is 6.71. The van der Waals surface area contributed by atoms with Gasteiger partial charge in [-0.25, -0.2) is 4.39 Å². The van der Waals surface area contributed by atoms with Crippen LogP contribution < -0.4 is 4.74 Å². The second-order valence-electron chi connectivity index (χ2n) is 4.83. The van der Waals surface area contributed by atoms with Gasteiger partial charge in [0, 0.05) is 12.2 Å². The first-order chi connectivity index (χ1) is 9.16. The molecule has 1 aliphatic heterocycles. The van der Waals surface area contributed by atoms with E-state index in [0.29, 0.717) is 18.3 Å². The third-order valence-electron chi connectivity index (χ3n) is 3.29. The molecule has 0 aromatic heterocycles. The lowest BCUT2D eigenvalue weighted by molar-refractivity contribution is 0.0978. The SMILES string of the molecule is CC(=O)c1ccc(OCCCC2CCCO2)c(F)c1. The predicted octanol–water partition coefficient (Wildman–Crippen LogP) is 3.37. The quantitative estimate of drug-likeness (QED) is 0.585. The molecule has 0 spiro atoms. The van der Waals surface area contributed by atoms with Gasteiger partial charge in [-0.3, -0.25) is 4.79 Å². The van der Waals surface area contributed by atoms with E-state index < -0.39 is 5.82 Å². The molecule has 1 saturated heterocycles. The van der Waals surface area contributed by atoms with Crippen molar-refractivity contribution in [3.8, 4) is 5.75 Å². The van der Waals surface area contributed by atoms with E-state index >= 15 is 0 Å². The summed E-state index contributed by atoms with van der Waals surface area (Å²) in [6.45, 7) is 2.74. The average Bonchev–Trinajstić information content (AvgIpc) is 2.89. The summed E-state index contributed by atoms with van der Waals surface area (Å²) in [5.41, 5.74) is 0.365. The lowest BCUT2D eigenvalue weighted by Gasteiger charge is -2.10. The van der Waals surface area contributed by atoms with Crippen LogP contribution in [0.5, 0.6) is 5.75 Å². The lowest BCUT2D eigenvalue weighted by Crippen LogP contribution is -2.08. The highest BCUT2D eigenvalue weighted by molar-refractivity contribution is 5.94. The van der Waals surface area contributed by atoms with E-state index in [1.54, 1.807) is 6.07 Å². The van der Waals surface area contributed by atoms with E-state index in [-0.39, 0.29) is 11.5 Å². The molecule has 1 aromatic carbocycles. The van der Waals surface area contributed by atoms with Crippen molar-refractivity contribution in [1.29, 1.82) is 0 Å². The van der Waals surface area contributed by atoms with Crippen LogP contribution >= 0.6 is 0 Å². The largest absolute Gasteiger partial charge is 0.491 e. The first-order valence-corrected chi connectivity index (χ1v) is 6.71. The van der Waals surface area contributed by atoms with Gasteiger partial charge in [-0.1, -0.05) is 0 Å². The highest BCUT2D eigenvalue weighted by atomic mass is 19.1. The van der Waals surface area contributed by atoms with Gasteiger partial charge in [-0.15, -0.1) is 0 Å². The van der Waals surface area contributed by atoms with Gasteiger partial charge in [-0.05, 0) is 50.8 Å². The number of rotatable bonds is 6. The maximum Gasteiger partial charge on any atom is 0.165 e. The number of benzene rings is 1. The minimum Gasteiger partial charge on any atom is -0.491 e. The fraction of sp³-hybridized carbons (Fsp3) is 0.533. The van der Waals surface area contributed by atoms with E-state index in [0.717, 1.165) is 32.3 Å². The van der Waals surface area contributed by atoms with Gasteiger partial charge in [-0.2, -0.15) is 0 Å². The van der Waals surface area contributed by atoms with Gasteiger partial charge >= 0.3 is 0 Å². The molecule has 1 atom stereocenters. The molecule has 19 heavy (non-hydrogen) atoms. The highest BCUT2D eigenvalue weighted by Gasteiger charge is 2.15. The van der Waals surface area contributed by atoms with Gasteiger partial charge in [0.2, 0.25) is 0 Å². The molecule has 1 heterocycles. The molecule has 4 heteroatoms. The number of ether oxygens (including phenoxy) is 2. The molecule has 0 radical (unpaired) electrons. The Hall–Kier alpha value is -1.42. The summed E-state index contributed by atoms with van der Waals surface area (Å²) in [6.07, 6.45) is 4.38. The van der Waals surface area contributed by atoms with Gasteiger partial charge in [0.05, 0.1) is 12.7 Å². The summed E-state index contributed by atoms with van der Waals surface area (Å²) in [7, 11) is 0. The van der Waals surface area contributed by atoms with E-state index in [1.807, 2.05) is 0 Å². The Kier molecular flexibility index (Phi) is 4.91. The van der Waals surface area contributed by atoms with E-state index in [4.69, 9.17) is 9.47 Å². The van der Waals surface area contributed by atoms with Crippen molar-refractivity contribution in [3.05, 3.63) is 29.6 Å². The summed E-state index contributed by atoms with van der Waals surface area (Å²) in [5.74, 6) is -0.425. The fourth-order valence-electron chi connectivity index (χ4n) is 2.20. The monoisotopic (exact) mass is 266 g/mol. The van der Waals surface area contributed by atoms with Crippen LogP contribution in [0.15, 0.2) is 18.2 Å². The van der Waals surface area contributed by atoms with Gasteiger partial charge in [0.15, 0.2) is 17.3 Å². The Bertz CT molecular complexity index is 439. The Balaban J connectivity index is 1.77. The number of carbonyl (C=O) groups excluding carboxylic acids is 1. The Labute approximate surface area is 112 Å². The Morgan fingerprint density at radius 1 is 1.53 bits per heavy atom. The highest BCUT2D eigenvalue weighted by Crippen LogP contribution is 2.20. The van der Waals surface area contributed by atoms with Crippen LogP contribution in [0, 0.1) is 5.82 Å². The van der Waals surface area contributed by atoms with Crippen molar-refractivity contribution in [3.63, 3.8) is 0 Å². The molecular weight excluding hydrogens is 247 g/mol. The smallest absolute Gasteiger partial charge is 0.165 e. The summed E-state index contributed by atoms with van der Waals surface area (Å²) >= 11 is 0. The Morgan fingerprint density at radius 3 is 3.00 bits per heavy atom. The zero-order chi connectivity index (χ0) is 13.7. The topological polar surface area (TPSA) is 35.5 Å². The zero-order valence-electron chi connectivity index (χ0n) is 11.2. The third-order valence-corrected chi connectivity index (χ3v) is 3.29. The minimum absolute atomic E-state index is 0.149. The van der Waals surface area contributed by atoms with Gasteiger partial charge < -0.3 is 9.47 Å². The zero-order valence-corrected chi connectivity index (χ0v) is 11.2. The first kappa shape index (κ1) is 14.0. The van der Waals surface area contributed by atoms with Crippen LogP contribution in [0.3, 0.4) is 0 Å². The molecule has 1 aromatic rings. The second-order valence-corrected chi connectivity index (χ2v) is 4.83. The van der Waals surface area contributed by atoms with Crippen molar-refractivity contribution in [1.82, 2.24) is 0 Å². The summed E-state index contributed by atoms with van der Waals surface area (Å²) < 4.78 is 24.5. The standard InChI is InChI=1S/C15H19FO3/c1-11(17)12-6-7-15(14(16)10-12)19-9-3-5-13-4-2-8-18-13/h6-7,10,13H,2-5,8-9H2,1H3. The number of Topliss-reactive ketones (excluding diaryl/α,β-unsaturated/α-hetero) is 1. The molecule has 104 valence electrons. The molecule has 3 nitrogen and oxygen atoms in total. The lowest BCUT2D eigenvalue weighted by atomic mass is 10.1. The molecule has 0 saturated carbocycles. The van der Waals surface area contributed by atoms with Crippen molar-refractivity contribution in [2.24, 2.45) is 0 Å². The van der Waals surface area contributed by atoms with Crippen LogP contribution in [0.25, 0.3) is 0 Å². The van der Waals surface area contributed by atoms with Crippen molar-refractivity contribution in [2.45, 2.75) is 38.7 Å². The molecule has 0 amide bonds. The van der Waals surface area contributed by atoms with Crippen LogP contribution in [-0.4, -0.2) is 25.1 Å². The van der Waals surface area contributed by atoms with Crippen LogP contribution in [0.2, 0.25) is 0 Å². The van der Waals surface area contributed by atoms with E-state index in [2.05, 4.69) is 0 Å². The Morgan fingerprint density at radius 2 is 2.37 bits per heavy atom. The molecule has 0 bridgehead atoms. The minimum atomic E-state index is -0.482. The fourth-order valence-corrected chi connectivity index (χ4v) is 2.20. The third kappa shape index (κ3) is 4.03. The van der Waals surface area contributed by atoms with Gasteiger partial charge in [0.25, 0.3) is 0 Å². The van der Waals surface area contributed by atoms with Crippen molar-refractivity contribution in [2.75, 3.05) is 13.2 Å². The van der Waals surface area contributed by atoms with Crippen molar-refractivity contribution >= 4 is 5.78 Å².